The van der Waals surface area contributed by atoms with Crippen LogP contribution >= 0.6 is 15.9 Å². The summed E-state index contributed by atoms with van der Waals surface area (Å²) in [6.45, 7) is 0.150. The molecule has 1 aromatic carbocycles. The first-order valence-corrected chi connectivity index (χ1v) is 6.51. The normalized spacial score (nSPS) is 11.2. The molecular weight excluding hydrogens is 353 g/mol. The second kappa shape index (κ2) is 6.21. The summed E-state index contributed by atoms with van der Waals surface area (Å²) in [4.78, 5) is 4.05. The van der Waals surface area contributed by atoms with E-state index in [0.717, 1.165) is 0 Å². The highest BCUT2D eigenvalue weighted by atomic mass is 79.9. The highest BCUT2D eigenvalue weighted by Gasteiger charge is 2.31. The lowest BCUT2D eigenvalue weighted by Gasteiger charge is -2.12. The van der Waals surface area contributed by atoms with Gasteiger partial charge in [-0.2, -0.15) is 0 Å². The fourth-order valence-electron chi connectivity index (χ4n) is 1.51. The van der Waals surface area contributed by atoms with Crippen LogP contribution in [-0.4, -0.2) is 11.3 Å². The van der Waals surface area contributed by atoms with Crippen molar-refractivity contribution >= 4 is 21.6 Å². The molecule has 0 unspecified atom stereocenters. The van der Waals surface area contributed by atoms with Crippen LogP contribution in [-0.2, 0) is 6.61 Å². The van der Waals surface area contributed by atoms with E-state index in [2.05, 4.69) is 25.7 Å². The SMILES string of the molecule is Nc1ccnc(COc2ccc(OC(F)(F)F)c(Br)c2)c1. The quantitative estimate of drug-likeness (QED) is 0.895. The lowest BCUT2D eigenvalue weighted by Crippen LogP contribution is -2.17. The number of aromatic nitrogens is 1. The van der Waals surface area contributed by atoms with E-state index < -0.39 is 6.36 Å². The molecule has 8 heteroatoms. The summed E-state index contributed by atoms with van der Waals surface area (Å²) in [5, 5.41) is 0. The van der Waals surface area contributed by atoms with Gasteiger partial charge in [0.15, 0.2) is 0 Å². The average molecular weight is 363 g/mol. The Kier molecular flexibility index (Phi) is 4.56. The monoisotopic (exact) mass is 362 g/mol. The second-order valence-electron chi connectivity index (χ2n) is 4.01. The van der Waals surface area contributed by atoms with Crippen molar-refractivity contribution in [1.82, 2.24) is 4.98 Å². The van der Waals surface area contributed by atoms with Crippen LogP contribution in [0.5, 0.6) is 11.5 Å². The van der Waals surface area contributed by atoms with Gasteiger partial charge in [0.2, 0.25) is 0 Å². The molecule has 0 aliphatic carbocycles. The summed E-state index contributed by atoms with van der Waals surface area (Å²) in [7, 11) is 0. The number of nitrogens with two attached hydrogens (primary N) is 1. The molecule has 1 heterocycles. The predicted octanol–water partition coefficient (Wildman–Crippen LogP) is 3.90. The van der Waals surface area contributed by atoms with Gasteiger partial charge in [-0.1, -0.05) is 0 Å². The molecule has 2 aromatic rings. The van der Waals surface area contributed by atoms with Crippen molar-refractivity contribution in [2.24, 2.45) is 0 Å². The molecular formula is C13H10BrF3N2O2. The number of hydrogen-bond acceptors (Lipinski definition) is 4. The Balaban J connectivity index is 2.03. The molecule has 0 amide bonds. The Bertz CT molecular complexity index is 635. The van der Waals surface area contributed by atoms with Gasteiger partial charge >= 0.3 is 6.36 Å². The third-order valence-corrected chi connectivity index (χ3v) is 2.98. The Morgan fingerprint density at radius 1 is 1.19 bits per heavy atom. The number of rotatable bonds is 4. The summed E-state index contributed by atoms with van der Waals surface area (Å²) in [5.41, 5.74) is 6.77. The second-order valence-corrected chi connectivity index (χ2v) is 4.86. The fourth-order valence-corrected chi connectivity index (χ4v) is 1.95. The average Bonchev–Trinajstić information content (AvgIpc) is 2.38. The van der Waals surface area contributed by atoms with E-state index in [1.165, 1.54) is 18.2 Å². The van der Waals surface area contributed by atoms with E-state index >= 15 is 0 Å². The summed E-state index contributed by atoms with van der Waals surface area (Å²) < 4.78 is 45.8. The summed E-state index contributed by atoms with van der Waals surface area (Å²) in [5.74, 6) is 0.0394. The molecule has 0 aliphatic rings. The first-order chi connectivity index (χ1) is 9.83. The van der Waals surface area contributed by atoms with Crippen molar-refractivity contribution in [3.8, 4) is 11.5 Å². The third kappa shape index (κ3) is 4.82. The molecule has 0 radical (unpaired) electrons. The minimum Gasteiger partial charge on any atom is -0.487 e. The molecule has 21 heavy (non-hydrogen) atoms. The van der Waals surface area contributed by atoms with E-state index in [9.17, 15) is 13.2 Å². The van der Waals surface area contributed by atoms with Crippen molar-refractivity contribution in [2.75, 3.05) is 5.73 Å². The first kappa shape index (κ1) is 15.4. The Labute approximate surface area is 126 Å². The van der Waals surface area contributed by atoms with E-state index in [4.69, 9.17) is 10.5 Å². The van der Waals surface area contributed by atoms with Gasteiger partial charge in [0.25, 0.3) is 0 Å². The van der Waals surface area contributed by atoms with E-state index in [0.29, 0.717) is 17.1 Å². The smallest absolute Gasteiger partial charge is 0.487 e. The van der Waals surface area contributed by atoms with E-state index in [-0.39, 0.29) is 16.8 Å². The number of pyridine rings is 1. The van der Waals surface area contributed by atoms with Crippen molar-refractivity contribution in [2.45, 2.75) is 13.0 Å². The molecule has 2 rings (SSSR count). The number of alkyl halides is 3. The predicted molar refractivity (Wildman–Crippen MR) is 73.8 cm³/mol. The fraction of sp³-hybridized carbons (Fsp3) is 0.154. The van der Waals surface area contributed by atoms with Crippen LogP contribution in [0.15, 0.2) is 41.0 Å². The zero-order chi connectivity index (χ0) is 15.5. The minimum absolute atomic E-state index is 0.137. The number of hydrogen-bond donors (Lipinski definition) is 1. The number of halogens is 4. The van der Waals surface area contributed by atoms with Crippen LogP contribution in [0.2, 0.25) is 0 Å². The number of nitrogen functional groups attached to an aromatic ring is 1. The van der Waals surface area contributed by atoms with Crippen molar-refractivity contribution in [1.29, 1.82) is 0 Å². The van der Waals surface area contributed by atoms with Crippen LogP contribution in [0.4, 0.5) is 18.9 Å². The molecule has 4 nitrogen and oxygen atoms in total. The molecule has 0 spiro atoms. The van der Waals surface area contributed by atoms with Gasteiger partial charge in [-0.15, -0.1) is 13.2 Å². The number of benzene rings is 1. The van der Waals surface area contributed by atoms with Crippen molar-refractivity contribution < 1.29 is 22.6 Å². The summed E-state index contributed by atoms with van der Waals surface area (Å²) >= 11 is 3.00. The zero-order valence-electron chi connectivity index (χ0n) is 10.5. The molecule has 0 fully saturated rings. The van der Waals surface area contributed by atoms with Gasteiger partial charge < -0.3 is 15.2 Å². The molecule has 0 saturated heterocycles. The van der Waals surface area contributed by atoms with Crippen LogP contribution < -0.4 is 15.2 Å². The maximum absolute atomic E-state index is 12.1. The maximum atomic E-state index is 12.1. The van der Waals surface area contributed by atoms with Gasteiger partial charge in [-0.25, -0.2) is 0 Å². The van der Waals surface area contributed by atoms with Crippen molar-refractivity contribution in [3.63, 3.8) is 0 Å². The Hall–Kier alpha value is -1.96. The van der Waals surface area contributed by atoms with Crippen LogP contribution in [0.3, 0.4) is 0 Å². The van der Waals surface area contributed by atoms with Gasteiger partial charge in [0.1, 0.15) is 18.1 Å². The van der Waals surface area contributed by atoms with Gasteiger partial charge in [-0.05, 0) is 46.3 Å². The van der Waals surface area contributed by atoms with E-state index in [1.54, 1.807) is 18.3 Å². The molecule has 0 aliphatic heterocycles. The van der Waals surface area contributed by atoms with Crippen LogP contribution in [0.1, 0.15) is 5.69 Å². The molecule has 112 valence electrons. The summed E-state index contributed by atoms with van der Waals surface area (Å²) in [6.07, 6.45) is -3.19. The zero-order valence-corrected chi connectivity index (χ0v) is 12.1. The molecule has 0 saturated carbocycles. The lowest BCUT2D eigenvalue weighted by atomic mass is 10.3. The summed E-state index contributed by atoms with van der Waals surface area (Å²) in [6, 6.07) is 7.21. The van der Waals surface area contributed by atoms with Gasteiger partial charge in [0.05, 0.1) is 10.2 Å². The standard InChI is InChI=1S/C13H10BrF3N2O2/c14-11-6-10(1-2-12(11)21-13(15,16)17)20-7-9-5-8(18)3-4-19-9/h1-6H,7H2,(H2,18,19). The Morgan fingerprint density at radius 2 is 1.95 bits per heavy atom. The van der Waals surface area contributed by atoms with Crippen LogP contribution in [0.25, 0.3) is 0 Å². The minimum atomic E-state index is -4.74. The lowest BCUT2D eigenvalue weighted by molar-refractivity contribution is -0.274. The van der Waals surface area contributed by atoms with Crippen LogP contribution in [0, 0.1) is 0 Å². The highest BCUT2D eigenvalue weighted by molar-refractivity contribution is 9.10. The maximum Gasteiger partial charge on any atom is 0.573 e. The largest absolute Gasteiger partial charge is 0.573 e. The van der Waals surface area contributed by atoms with Gasteiger partial charge in [-0.3, -0.25) is 4.98 Å². The third-order valence-electron chi connectivity index (χ3n) is 2.36. The Morgan fingerprint density at radius 3 is 2.57 bits per heavy atom. The molecule has 2 N–H and O–H groups in total. The molecule has 0 atom stereocenters. The number of nitrogens with zero attached hydrogens (tertiary/aromatic N) is 1. The van der Waals surface area contributed by atoms with Crippen molar-refractivity contribution in [3.05, 3.63) is 46.7 Å². The number of ether oxygens (including phenoxy) is 2. The molecule has 0 bridgehead atoms. The van der Waals surface area contributed by atoms with Gasteiger partial charge in [0, 0.05) is 11.9 Å². The number of anilines is 1. The first-order valence-electron chi connectivity index (χ1n) is 5.72. The molecule has 1 aromatic heterocycles. The van der Waals surface area contributed by atoms with E-state index in [1.807, 2.05) is 0 Å². The topological polar surface area (TPSA) is 57.4 Å². The highest BCUT2D eigenvalue weighted by Crippen LogP contribution is 2.33.